The summed E-state index contributed by atoms with van der Waals surface area (Å²) in [5.41, 5.74) is 0.596. The number of fused-ring (bicyclic) bond motifs is 2. The Labute approximate surface area is 223 Å². The number of benzene rings is 1. The lowest BCUT2D eigenvalue weighted by Gasteiger charge is -2.44. The molecule has 1 unspecified atom stereocenters. The number of hydrogen-bond donors (Lipinski definition) is 1. The summed E-state index contributed by atoms with van der Waals surface area (Å²) in [6, 6.07) is 2.92. The van der Waals surface area contributed by atoms with E-state index < -0.39 is 20.6 Å². The highest BCUT2D eigenvalue weighted by atomic mass is 127. The Morgan fingerprint density at radius 2 is 1.91 bits per heavy atom. The highest BCUT2D eigenvalue weighted by Crippen LogP contribution is 2.44. The molecule has 2 heterocycles. The number of amides is 2. The van der Waals surface area contributed by atoms with Crippen molar-refractivity contribution < 1.29 is 28.6 Å². The Morgan fingerprint density at radius 1 is 1.20 bits per heavy atom. The van der Waals surface area contributed by atoms with Gasteiger partial charge in [0.05, 0.1) is 31.0 Å². The Balaban J connectivity index is 2.09. The lowest BCUT2D eigenvalue weighted by atomic mass is 10.1. The molecule has 1 N–H and O–H groups in total. The van der Waals surface area contributed by atoms with Crippen molar-refractivity contribution in [1.29, 1.82) is 0 Å². The van der Waals surface area contributed by atoms with Gasteiger partial charge in [0.15, 0.2) is 26.0 Å². The third-order valence-electron chi connectivity index (χ3n) is 7.38. The van der Waals surface area contributed by atoms with Crippen LogP contribution in [0, 0.1) is 0 Å². The number of nitrogens with zero attached hydrogens (tertiary/aromatic N) is 2. The third kappa shape index (κ3) is 5.90. The normalized spacial score (nSPS) is 20.4. The van der Waals surface area contributed by atoms with Gasteiger partial charge in [-0.3, -0.25) is 4.79 Å². The molecule has 3 rings (SSSR count). The molecule has 1 fully saturated rings. The monoisotopic (exact) mass is 618 g/mol. The van der Waals surface area contributed by atoms with E-state index in [2.05, 4.69) is 56.5 Å². The van der Waals surface area contributed by atoms with Gasteiger partial charge in [-0.15, -0.1) is 0 Å². The summed E-state index contributed by atoms with van der Waals surface area (Å²) in [5.74, 6) is 0.672. The average Bonchev–Trinajstić information content (AvgIpc) is 3.23. The SMILES string of the molecule is COc1cc2c(cc1OCCCCCI)N(C(=O)O)C(O[Si](C)(C)C(C)(C)C)[C@@H]1CCCN1C2=O. The highest BCUT2D eigenvalue weighted by Gasteiger charge is 2.50. The van der Waals surface area contributed by atoms with Gasteiger partial charge in [-0.25, -0.2) is 9.69 Å². The predicted octanol–water partition coefficient (Wildman–Crippen LogP) is 6.13. The molecular weight excluding hydrogens is 579 g/mol. The minimum absolute atomic E-state index is 0.119. The van der Waals surface area contributed by atoms with Crippen LogP contribution in [-0.2, 0) is 4.43 Å². The summed E-state index contributed by atoms with van der Waals surface area (Å²) in [6.07, 6.45) is 2.63. The largest absolute Gasteiger partial charge is 0.493 e. The van der Waals surface area contributed by atoms with E-state index in [0.717, 1.165) is 30.1 Å². The molecule has 0 bridgehead atoms. The molecule has 0 aliphatic carbocycles. The van der Waals surface area contributed by atoms with E-state index in [4.69, 9.17) is 13.9 Å². The summed E-state index contributed by atoms with van der Waals surface area (Å²) < 4.78 is 19.4. The summed E-state index contributed by atoms with van der Waals surface area (Å²) in [4.78, 5) is 29.5. The molecule has 2 aliphatic heterocycles. The van der Waals surface area contributed by atoms with E-state index in [1.807, 2.05) is 0 Å². The van der Waals surface area contributed by atoms with Gasteiger partial charge in [-0.05, 0) is 60.7 Å². The van der Waals surface area contributed by atoms with Gasteiger partial charge in [-0.1, -0.05) is 43.4 Å². The first kappa shape index (κ1) is 28.0. The number of hydrogen-bond acceptors (Lipinski definition) is 5. The maximum absolute atomic E-state index is 13.7. The fraction of sp³-hybridized carbons (Fsp3) is 0.680. The molecule has 2 amide bonds. The minimum Gasteiger partial charge on any atom is -0.493 e. The van der Waals surface area contributed by atoms with Crippen molar-refractivity contribution in [1.82, 2.24) is 4.90 Å². The molecule has 0 spiro atoms. The van der Waals surface area contributed by atoms with Crippen molar-refractivity contribution in [3.63, 3.8) is 0 Å². The molecule has 0 radical (unpaired) electrons. The van der Waals surface area contributed by atoms with Gasteiger partial charge in [0.1, 0.15) is 0 Å². The predicted molar refractivity (Wildman–Crippen MR) is 148 cm³/mol. The van der Waals surface area contributed by atoms with Gasteiger partial charge in [0.2, 0.25) is 0 Å². The number of carboxylic acid groups (broad SMARTS) is 1. The number of carbonyl (C=O) groups is 2. The quantitative estimate of drug-likeness (QED) is 0.155. The second-order valence-electron chi connectivity index (χ2n) is 10.7. The van der Waals surface area contributed by atoms with E-state index in [1.54, 1.807) is 17.0 Å². The third-order valence-corrected chi connectivity index (χ3v) is 12.6. The molecule has 1 saturated heterocycles. The summed E-state index contributed by atoms with van der Waals surface area (Å²) in [5, 5.41) is 10.3. The molecule has 1 aromatic rings. The number of unbranched alkanes of at least 4 members (excludes halogenated alkanes) is 2. The molecular formula is C25H39IN2O6Si. The molecule has 196 valence electrons. The van der Waals surface area contributed by atoms with Crippen molar-refractivity contribution >= 4 is 48.6 Å². The van der Waals surface area contributed by atoms with E-state index in [-0.39, 0.29) is 17.0 Å². The Hall–Kier alpha value is -1.53. The fourth-order valence-electron chi connectivity index (χ4n) is 4.37. The summed E-state index contributed by atoms with van der Waals surface area (Å²) in [7, 11) is -0.840. The zero-order valence-electron chi connectivity index (χ0n) is 21.7. The Bertz CT molecular complexity index is 935. The molecule has 1 aromatic carbocycles. The van der Waals surface area contributed by atoms with Crippen LogP contribution in [0.3, 0.4) is 0 Å². The Morgan fingerprint density at radius 3 is 2.51 bits per heavy atom. The van der Waals surface area contributed by atoms with E-state index in [9.17, 15) is 14.7 Å². The number of halogens is 1. The van der Waals surface area contributed by atoms with Crippen LogP contribution in [0.2, 0.25) is 18.1 Å². The van der Waals surface area contributed by atoms with Gasteiger partial charge in [0, 0.05) is 12.6 Å². The van der Waals surface area contributed by atoms with E-state index in [0.29, 0.717) is 42.3 Å². The van der Waals surface area contributed by atoms with Crippen LogP contribution in [0.15, 0.2) is 12.1 Å². The van der Waals surface area contributed by atoms with Gasteiger partial charge in [0.25, 0.3) is 5.91 Å². The maximum atomic E-state index is 13.7. The Kier molecular flexibility index (Phi) is 9.01. The van der Waals surface area contributed by atoms with Crippen molar-refractivity contribution in [2.24, 2.45) is 0 Å². The van der Waals surface area contributed by atoms with Crippen molar-refractivity contribution in [3.8, 4) is 11.5 Å². The number of alkyl halides is 1. The number of ether oxygens (including phenoxy) is 2. The van der Waals surface area contributed by atoms with Crippen LogP contribution in [-0.4, -0.2) is 67.3 Å². The van der Waals surface area contributed by atoms with Crippen LogP contribution in [0.25, 0.3) is 0 Å². The molecule has 0 saturated carbocycles. The van der Waals surface area contributed by atoms with Gasteiger partial charge < -0.3 is 23.9 Å². The fourth-order valence-corrected chi connectivity index (χ4v) is 6.13. The molecule has 10 heteroatoms. The maximum Gasteiger partial charge on any atom is 0.414 e. The average molecular weight is 619 g/mol. The molecule has 8 nitrogen and oxygen atoms in total. The molecule has 2 atom stereocenters. The van der Waals surface area contributed by atoms with Crippen LogP contribution >= 0.6 is 22.6 Å². The van der Waals surface area contributed by atoms with E-state index >= 15 is 0 Å². The second kappa shape index (κ2) is 11.2. The van der Waals surface area contributed by atoms with Crippen molar-refractivity contribution in [2.45, 2.75) is 83.3 Å². The summed E-state index contributed by atoms with van der Waals surface area (Å²) >= 11 is 2.36. The van der Waals surface area contributed by atoms with Gasteiger partial charge >= 0.3 is 6.09 Å². The topological polar surface area (TPSA) is 88.5 Å². The van der Waals surface area contributed by atoms with Crippen LogP contribution in [0.1, 0.15) is 63.2 Å². The lowest BCUT2D eigenvalue weighted by molar-refractivity contribution is 0.0541. The molecule has 2 aliphatic rings. The zero-order valence-corrected chi connectivity index (χ0v) is 24.9. The first-order chi connectivity index (χ1) is 16.4. The molecule has 35 heavy (non-hydrogen) atoms. The lowest BCUT2D eigenvalue weighted by Crippen LogP contribution is -2.57. The number of methoxy groups -OCH3 is 1. The van der Waals surface area contributed by atoms with Gasteiger partial charge in [-0.2, -0.15) is 0 Å². The second-order valence-corrected chi connectivity index (χ2v) is 16.6. The highest BCUT2D eigenvalue weighted by molar-refractivity contribution is 14.1. The minimum atomic E-state index is -2.37. The first-order valence-corrected chi connectivity index (χ1v) is 16.8. The first-order valence-electron chi connectivity index (χ1n) is 12.3. The summed E-state index contributed by atoms with van der Waals surface area (Å²) in [6.45, 7) is 11.7. The van der Waals surface area contributed by atoms with E-state index in [1.165, 1.54) is 12.0 Å². The molecule has 0 aromatic heterocycles. The van der Waals surface area contributed by atoms with Crippen molar-refractivity contribution in [3.05, 3.63) is 17.7 Å². The van der Waals surface area contributed by atoms with Crippen LogP contribution in [0.4, 0.5) is 10.5 Å². The number of anilines is 1. The zero-order chi connectivity index (χ0) is 26.0. The number of rotatable bonds is 9. The van der Waals surface area contributed by atoms with Crippen LogP contribution < -0.4 is 14.4 Å². The van der Waals surface area contributed by atoms with Crippen molar-refractivity contribution in [2.75, 3.05) is 29.6 Å². The standard InChI is InChI=1S/C25H39IN2O6Si/c1-25(2,3)35(5,6)34-23-18-11-10-13-27(18)22(29)17-15-20(32-4)21(33-14-9-7-8-12-26)16-19(17)28(23)24(30)31/h15-16,18,23H,7-14H2,1-6H3,(H,30,31)/t18-,23?/m0/s1. The number of carbonyl (C=O) groups excluding carboxylic acids is 1. The van der Waals surface area contributed by atoms with Crippen LogP contribution in [0.5, 0.6) is 11.5 Å². The smallest absolute Gasteiger partial charge is 0.414 e.